The number of benzene rings is 3. The largest absolute Gasteiger partial charge is 0.507 e. The fourth-order valence-corrected chi connectivity index (χ4v) is 3.31. The molecule has 0 amide bonds. The number of fused-ring (bicyclic) bond motifs is 1. The lowest BCUT2D eigenvalue weighted by Gasteiger charge is -2.15. The van der Waals surface area contributed by atoms with Crippen LogP contribution in [0.3, 0.4) is 0 Å². The molecule has 0 atom stereocenters. The van der Waals surface area contributed by atoms with Crippen molar-refractivity contribution in [3.63, 3.8) is 0 Å². The second-order valence-corrected chi connectivity index (χ2v) is 6.53. The van der Waals surface area contributed by atoms with E-state index in [9.17, 15) is 9.90 Å². The lowest BCUT2D eigenvalue weighted by atomic mass is 10.1. The van der Waals surface area contributed by atoms with E-state index in [1.165, 1.54) is 0 Å². The maximum absolute atomic E-state index is 13.2. The van der Waals surface area contributed by atoms with Crippen LogP contribution in [0.5, 0.6) is 11.5 Å². The van der Waals surface area contributed by atoms with Gasteiger partial charge in [-0.05, 0) is 48.4 Å². The van der Waals surface area contributed by atoms with Crippen molar-refractivity contribution in [2.45, 2.75) is 13.0 Å². The molecule has 0 aliphatic carbocycles. The average molecular weight is 372 g/mol. The number of phenolic OH excluding ortho intramolecular Hbond substituents is 1. The molecule has 140 valence electrons. The molecule has 5 heteroatoms. The molecule has 0 saturated carbocycles. The number of nitrogens with zero attached hydrogens (tertiary/aromatic N) is 2. The van der Waals surface area contributed by atoms with E-state index in [1.54, 1.807) is 35.9 Å². The summed E-state index contributed by atoms with van der Waals surface area (Å²) >= 11 is 0. The smallest absolute Gasteiger partial charge is 0.261 e. The van der Waals surface area contributed by atoms with Gasteiger partial charge in [0.05, 0.1) is 23.6 Å². The molecule has 0 fully saturated rings. The molecule has 3 aromatic carbocycles. The number of methoxy groups -OCH3 is 1. The van der Waals surface area contributed by atoms with Crippen LogP contribution in [0.15, 0.2) is 77.6 Å². The molecule has 0 radical (unpaired) electrons. The molecular formula is C23H20N2O3. The van der Waals surface area contributed by atoms with Gasteiger partial charge in [0.25, 0.3) is 5.56 Å². The highest BCUT2D eigenvalue weighted by molar-refractivity contribution is 5.80. The second kappa shape index (κ2) is 7.56. The average Bonchev–Trinajstić information content (AvgIpc) is 2.73. The molecule has 0 saturated heterocycles. The lowest BCUT2D eigenvalue weighted by molar-refractivity contribution is 0.414. The first-order valence-electron chi connectivity index (χ1n) is 9.08. The summed E-state index contributed by atoms with van der Waals surface area (Å²) in [6.07, 6.45) is 0.637. The van der Waals surface area contributed by atoms with Crippen molar-refractivity contribution < 1.29 is 9.84 Å². The van der Waals surface area contributed by atoms with Crippen molar-refractivity contribution in [3.8, 4) is 22.9 Å². The van der Waals surface area contributed by atoms with E-state index in [1.807, 2.05) is 48.5 Å². The molecule has 0 spiro atoms. The zero-order valence-electron chi connectivity index (χ0n) is 15.5. The van der Waals surface area contributed by atoms with Gasteiger partial charge in [-0.15, -0.1) is 0 Å². The highest BCUT2D eigenvalue weighted by Gasteiger charge is 2.15. The molecular weight excluding hydrogens is 352 g/mol. The first-order chi connectivity index (χ1) is 13.7. The van der Waals surface area contributed by atoms with Gasteiger partial charge in [-0.2, -0.15) is 0 Å². The first-order valence-corrected chi connectivity index (χ1v) is 9.08. The second-order valence-electron chi connectivity index (χ2n) is 6.53. The summed E-state index contributed by atoms with van der Waals surface area (Å²) in [6, 6.07) is 22.0. The standard InChI is InChI=1S/C23H20N2O3/c1-28-17-8-6-7-16(15-17)13-14-25-22(19-10-3-5-12-21(19)26)24-20-11-4-2-9-18(20)23(25)27/h2-12,15,26H,13-14H2,1H3. The van der Waals surface area contributed by atoms with Crippen LogP contribution in [0.4, 0.5) is 0 Å². The molecule has 0 unspecified atom stereocenters. The molecule has 4 aromatic rings. The minimum atomic E-state index is -0.119. The van der Waals surface area contributed by atoms with Gasteiger partial charge >= 0.3 is 0 Å². The third-order valence-electron chi connectivity index (χ3n) is 4.76. The third-order valence-corrected chi connectivity index (χ3v) is 4.76. The number of rotatable bonds is 5. The van der Waals surface area contributed by atoms with Gasteiger partial charge in [-0.3, -0.25) is 9.36 Å². The van der Waals surface area contributed by atoms with Crippen LogP contribution in [0.2, 0.25) is 0 Å². The Labute approximate surface area is 162 Å². The van der Waals surface area contributed by atoms with Crippen molar-refractivity contribution in [3.05, 3.63) is 88.7 Å². The normalized spacial score (nSPS) is 10.9. The van der Waals surface area contributed by atoms with Crippen LogP contribution in [-0.4, -0.2) is 21.8 Å². The topological polar surface area (TPSA) is 64.3 Å². The van der Waals surface area contributed by atoms with E-state index in [0.717, 1.165) is 11.3 Å². The number of para-hydroxylation sites is 2. The van der Waals surface area contributed by atoms with E-state index in [-0.39, 0.29) is 11.3 Å². The van der Waals surface area contributed by atoms with E-state index < -0.39 is 0 Å². The fraction of sp³-hybridized carbons (Fsp3) is 0.130. The summed E-state index contributed by atoms with van der Waals surface area (Å²) in [7, 11) is 1.63. The summed E-state index contributed by atoms with van der Waals surface area (Å²) in [5.41, 5.74) is 2.09. The number of aromatic hydroxyl groups is 1. The Morgan fingerprint density at radius 3 is 2.61 bits per heavy atom. The van der Waals surface area contributed by atoms with Crippen molar-refractivity contribution in [1.82, 2.24) is 9.55 Å². The zero-order valence-corrected chi connectivity index (χ0v) is 15.5. The number of phenols is 1. The number of hydrogen-bond acceptors (Lipinski definition) is 4. The van der Waals surface area contributed by atoms with Crippen LogP contribution in [0.25, 0.3) is 22.3 Å². The maximum atomic E-state index is 13.2. The predicted molar refractivity (Wildman–Crippen MR) is 110 cm³/mol. The summed E-state index contributed by atoms with van der Waals surface area (Å²) in [5.74, 6) is 1.34. The summed E-state index contributed by atoms with van der Waals surface area (Å²) in [6.45, 7) is 0.438. The van der Waals surface area contributed by atoms with Gasteiger partial charge in [0, 0.05) is 6.54 Å². The highest BCUT2D eigenvalue weighted by Crippen LogP contribution is 2.27. The predicted octanol–water partition coefficient (Wildman–Crippen LogP) is 4.02. The highest BCUT2D eigenvalue weighted by atomic mass is 16.5. The Balaban J connectivity index is 1.83. The molecule has 0 aliphatic rings. The van der Waals surface area contributed by atoms with Crippen LogP contribution in [-0.2, 0) is 13.0 Å². The third kappa shape index (κ3) is 3.34. The first kappa shape index (κ1) is 17.8. The maximum Gasteiger partial charge on any atom is 0.261 e. The zero-order chi connectivity index (χ0) is 19.5. The molecule has 1 heterocycles. The van der Waals surface area contributed by atoms with Gasteiger partial charge < -0.3 is 9.84 Å². The van der Waals surface area contributed by atoms with Crippen molar-refractivity contribution >= 4 is 10.9 Å². The number of aromatic nitrogens is 2. The van der Waals surface area contributed by atoms with E-state index >= 15 is 0 Å². The van der Waals surface area contributed by atoms with Gasteiger partial charge in [0.1, 0.15) is 17.3 Å². The van der Waals surface area contributed by atoms with Crippen molar-refractivity contribution in [2.75, 3.05) is 7.11 Å². The fourth-order valence-electron chi connectivity index (χ4n) is 3.31. The van der Waals surface area contributed by atoms with E-state index in [0.29, 0.717) is 35.3 Å². The molecule has 28 heavy (non-hydrogen) atoms. The summed E-state index contributed by atoms with van der Waals surface area (Å²) in [5, 5.41) is 10.9. The molecule has 0 aliphatic heterocycles. The van der Waals surface area contributed by atoms with E-state index in [4.69, 9.17) is 9.72 Å². The Bertz CT molecular complexity index is 1200. The van der Waals surface area contributed by atoms with Gasteiger partial charge in [0.2, 0.25) is 0 Å². The van der Waals surface area contributed by atoms with Gasteiger partial charge in [0.15, 0.2) is 0 Å². The molecule has 4 rings (SSSR count). The monoisotopic (exact) mass is 372 g/mol. The van der Waals surface area contributed by atoms with Crippen molar-refractivity contribution in [1.29, 1.82) is 0 Å². The Kier molecular flexibility index (Phi) is 4.81. The molecule has 0 bridgehead atoms. The Morgan fingerprint density at radius 2 is 1.79 bits per heavy atom. The number of ether oxygens (including phenoxy) is 1. The van der Waals surface area contributed by atoms with Gasteiger partial charge in [-0.1, -0.05) is 36.4 Å². The van der Waals surface area contributed by atoms with Crippen LogP contribution < -0.4 is 10.3 Å². The SMILES string of the molecule is COc1cccc(CCn2c(-c3ccccc3O)nc3ccccc3c2=O)c1. The molecule has 1 N–H and O–H groups in total. The van der Waals surface area contributed by atoms with Gasteiger partial charge in [-0.25, -0.2) is 4.98 Å². The van der Waals surface area contributed by atoms with Crippen molar-refractivity contribution in [2.24, 2.45) is 0 Å². The van der Waals surface area contributed by atoms with E-state index in [2.05, 4.69) is 0 Å². The molecule has 1 aromatic heterocycles. The van der Waals surface area contributed by atoms with Crippen LogP contribution in [0, 0.1) is 0 Å². The molecule has 5 nitrogen and oxygen atoms in total. The van der Waals surface area contributed by atoms with Crippen LogP contribution in [0.1, 0.15) is 5.56 Å². The summed E-state index contributed by atoms with van der Waals surface area (Å²) < 4.78 is 6.92. The Hall–Kier alpha value is -3.60. The summed E-state index contributed by atoms with van der Waals surface area (Å²) in [4.78, 5) is 17.9. The minimum Gasteiger partial charge on any atom is -0.507 e. The number of aryl methyl sites for hydroxylation is 1. The lowest BCUT2D eigenvalue weighted by Crippen LogP contribution is -2.24. The minimum absolute atomic E-state index is 0.0970. The Morgan fingerprint density at radius 1 is 1.00 bits per heavy atom. The van der Waals surface area contributed by atoms with Crippen LogP contribution >= 0.6 is 0 Å². The quantitative estimate of drug-likeness (QED) is 0.575. The number of hydrogen-bond donors (Lipinski definition) is 1.